The molecule has 2 rings (SSSR count). The fraction of sp³-hybridized carbons (Fsp3) is 0.333. The van der Waals surface area contributed by atoms with E-state index < -0.39 is 0 Å². The Bertz CT molecular complexity index is 507. The van der Waals surface area contributed by atoms with Gasteiger partial charge in [-0.1, -0.05) is 18.2 Å². The van der Waals surface area contributed by atoms with Gasteiger partial charge in [0.25, 0.3) is 0 Å². The smallest absolute Gasteiger partial charge is 0.152 e. The summed E-state index contributed by atoms with van der Waals surface area (Å²) in [6.07, 6.45) is 0.693. The van der Waals surface area contributed by atoms with Crippen molar-refractivity contribution in [2.24, 2.45) is 5.73 Å². The van der Waals surface area contributed by atoms with Crippen LogP contribution in [0.2, 0.25) is 0 Å². The predicted octanol–water partition coefficient (Wildman–Crippen LogP) is 1.82. The molecule has 0 aliphatic heterocycles. The van der Waals surface area contributed by atoms with Gasteiger partial charge in [-0.2, -0.15) is 0 Å². The third-order valence-electron chi connectivity index (χ3n) is 2.64. The quantitative estimate of drug-likeness (QED) is 0.842. The van der Waals surface area contributed by atoms with Crippen molar-refractivity contribution in [2.75, 3.05) is 6.54 Å². The Hall–Kier alpha value is -1.39. The van der Waals surface area contributed by atoms with E-state index in [1.807, 2.05) is 22.8 Å². The third-order valence-corrected chi connectivity index (χ3v) is 2.88. The Kier molecular flexibility index (Phi) is 3.76. The lowest BCUT2D eigenvalue weighted by molar-refractivity contribution is 0.819. The van der Waals surface area contributed by atoms with Crippen LogP contribution in [0.3, 0.4) is 0 Å². The summed E-state index contributed by atoms with van der Waals surface area (Å²) in [7, 11) is 0. The van der Waals surface area contributed by atoms with Crippen LogP contribution in [-0.2, 0) is 12.3 Å². The molecule has 17 heavy (non-hydrogen) atoms. The zero-order valence-corrected chi connectivity index (χ0v) is 10.5. The average molecular weight is 251 g/mol. The second-order valence-electron chi connectivity index (χ2n) is 3.83. The SMILES string of the molecule is Cc1ccccc1-n1c(CCl)nnc1CCN. The van der Waals surface area contributed by atoms with Crippen LogP contribution in [0.4, 0.5) is 0 Å². The number of hydrogen-bond donors (Lipinski definition) is 1. The van der Waals surface area contributed by atoms with Gasteiger partial charge < -0.3 is 5.73 Å². The van der Waals surface area contributed by atoms with Crippen molar-refractivity contribution < 1.29 is 0 Å². The van der Waals surface area contributed by atoms with Crippen molar-refractivity contribution in [3.63, 3.8) is 0 Å². The van der Waals surface area contributed by atoms with Gasteiger partial charge in [0.1, 0.15) is 5.82 Å². The molecule has 0 fully saturated rings. The summed E-state index contributed by atoms with van der Waals surface area (Å²) < 4.78 is 2.00. The maximum atomic E-state index is 5.89. The van der Waals surface area contributed by atoms with Crippen molar-refractivity contribution in [1.29, 1.82) is 0 Å². The van der Waals surface area contributed by atoms with Crippen molar-refractivity contribution in [1.82, 2.24) is 14.8 Å². The summed E-state index contributed by atoms with van der Waals surface area (Å²) in [5.41, 5.74) is 7.81. The second-order valence-corrected chi connectivity index (χ2v) is 4.09. The third kappa shape index (κ3) is 2.33. The molecule has 0 unspecified atom stereocenters. The molecule has 5 heteroatoms. The number of alkyl halides is 1. The largest absolute Gasteiger partial charge is 0.330 e. The molecule has 0 aliphatic rings. The fourth-order valence-corrected chi connectivity index (χ4v) is 2.00. The molecule has 0 aliphatic carbocycles. The molecule has 4 nitrogen and oxygen atoms in total. The molecule has 2 N–H and O–H groups in total. The zero-order chi connectivity index (χ0) is 12.3. The number of nitrogens with zero attached hydrogens (tertiary/aromatic N) is 3. The highest BCUT2D eigenvalue weighted by Gasteiger charge is 2.13. The van der Waals surface area contributed by atoms with Gasteiger partial charge in [0.2, 0.25) is 0 Å². The van der Waals surface area contributed by atoms with Crippen LogP contribution in [0, 0.1) is 6.92 Å². The first-order valence-electron chi connectivity index (χ1n) is 5.53. The summed E-state index contributed by atoms with van der Waals surface area (Å²) >= 11 is 5.89. The highest BCUT2D eigenvalue weighted by atomic mass is 35.5. The molecule has 0 saturated carbocycles. The number of nitrogens with two attached hydrogens (primary N) is 1. The molecule has 0 saturated heterocycles. The van der Waals surface area contributed by atoms with Gasteiger partial charge in [-0.25, -0.2) is 0 Å². The molecule has 0 spiro atoms. The summed E-state index contributed by atoms with van der Waals surface area (Å²) in [5.74, 6) is 1.95. The van der Waals surface area contributed by atoms with E-state index in [0.717, 1.165) is 22.9 Å². The van der Waals surface area contributed by atoms with E-state index in [4.69, 9.17) is 17.3 Å². The number of halogens is 1. The number of aryl methyl sites for hydroxylation is 1. The molecule has 1 aromatic carbocycles. The van der Waals surface area contributed by atoms with E-state index >= 15 is 0 Å². The van der Waals surface area contributed by atoms with Crippen LogP contribution in [-0.4, -0.2) is 21.3 Å². The summed E-state index contributed by atoms with van der Waals surface area (Å²) in [6.45, 7) is 2.60. The molecule has 90 valence electrons. The highest BCUT2D eigenvalue weighted by Crippen LogP contribution is 2.18. The van der Waals surface area contributed by atoms with E-state index in [-0.39, 0.29) is 0 Å². The van der Waals surface area contributed by atoms with Gasteiger partial charge in [-0.15, -0.1) is 21.8 Å². The van der Waals surface area contributed by atoms with E-state index in [1.165, 1.54) is 0 Å². The molecular formula is C12H15ClN4. The number of rotatable bonds is 4. The van der Waals surface area contributed by atoms with E-state index in [2.05, 4.69) is 23.2 Å². The van der Waals surface area contributed by atoms with E-state index in [9.17, 15) is 0 Å². The van der Waals surface area contributed by atoms with Crippen molar-refractivity contribution >= 4 is 11.6 Å². The molecular weight excluding hydrogens is 236 g/mol. The van der Waals surface area contributed by atoms with Crippen molar-refractivity contribution in [2.45, 2.75) is 19.2 Å². The van der Waals surface area contributed by atoms with Gasteiger partial charge in [0.15, 0.2) is 5.82 Å². The van der Waals surface area contributed by atoms with Gasteiger partial charge in [0, 0.05) is 6.42 Å². The lowest BCUT2D eigenvalue weighted by Gasteiger charge is -2.11. The Morgan fingerprint density at radius 3 is 2.59 bits per heavy atom. The Labute approximate surface area is 105 Å². The topological polar surface area (TPSA) is 56.7 Å². The Morgan fingerprint density at radius 1 is 1.24 bits per heavy atom. The molecule has 0 radical (unpaired) electrons. The lowest BCUT2D eigenvalue weighted by Crippen LogP contribution is -2.11. The standard InChI is InChI=1S/C12H15ClN4/c1-9-4-2-3-5-10(9)17-11(6-7-14)15-16-12(17)8-13/h2-5H,6-8,14H2,1H3. The van der Waals surface area contributed by atoms with Crippen LogP contribution < -0.4 is 5.73 Å². The van der Waals surface area contributed by atoms with Gasteiger partial charge in [-0.3, -0.25) is 4.57 Å². The van der Waals surface area contributed by atoms with E-state index in [1.54, 1.807) is 0 Å². The lowest BCUT2D eigenvalue weighted by atomic mass is 10.2. The number of benzene rings is 1. The van der Waals surface area contributed by atoms with Gasteiger partial charge >= 0.3 is 0 Å². The molecule has 0 atom stereocenters. The maximum Gasteiger partial charge on any atom is 0.152 e. The van der Waals surface area contributed by atoms with Gasteiger partial charge in [0.05, 0.1) is 11.6 Å². The van der Waals surface area contributed by atoms with Crippen LogP contribution in [0.1, 0.15) is 17.2 Å². The molecule has 0 bridgehead atoms. The van der Waals surface area contributed by atoms with Crippen molar-refractivity contribution in [3.05, 3.63) is 41.5 Å². The van der Waals surface area contributed by atoms with Crippen LogP contribution in [0.5, 0.6) is 0 Å². The second kappa shape index (κ2) is 5.29. The Morgan fingerprint density at radius 2 is 1.94 bits per heavy atom. The molecule has 0 amide bonds. The summed E-state index contributed by atoms with van der Waals surface area (Å²) in [6, 6.07) is 8.09. The molecule has 1 heterocycles. The summed E-state index contributed by atoms with van der Waals surface area (Å²) in [5, 5.41) is 8.24. The molecule has 2 aromatic rings. The van der Waals surface area contributed by atoms with Crippen LogP contribution >= 0.6 is 11.6 Å². The normalized spacial score (nSPS) is 10.8. The number of para-hydroxylation sites is 1. The first-order chi connectivity index (χ1) is 8.27. The van der Waals surface area contributed by atoms with Crippen LogP contribution in [0.15, 0.2) is 24.3 Å². The first-order valence-corrected chi connectivity index (χ1v) is 6.06. The maximum absolute atomic E-state index is 5.89. The first kappa shape index (κ1) is 12.1. The Balaban J connectivity index is 2.56. The number of aromatic nitrogens is 3. The minimum absolute atomic E-state index is 0.339. The highest BCUT2D eigenvalue weighted by molar-refractivity contribution is 6.16. The molecule has 1 aromatic heterocycles. The van der Waals surface area contributed by atoms with Crippen LogP contribution in [0.25, 0.3) is 5.69 Å². The summed E-state index contributed by atoms with van der Waals surface area (Å²) in [4.78, 5) is 0. The number of hydrogen-bond acceptors (Lipinski definition) is 3. The van der Waals surface area contributed by atoms with Gasteiger partial charge in [-0.05, 0) is 25.1 Å². The zero-order valence-electron chi connectivity index (χ0n) is 9.73. The monoisotopic (exact) mass is 250 g/mol. The van der Waals surface area contributed by atoms with Crippen molar-refractivity contribution in [3.8, 4) is 5.69 Å². The predicted molar refractivity (Wildman–Crippen MR) is 68.4 cm³/mol. The van der Waals surface area contributed by atoms with E-state index in [0.29, 0.717) is 18.8 Å². The average Bonchev–Trinajstić information content (AvgIpc) is 2.73. The minimum atomic E-state index is 0.339. The fourth-order valence-electron chi connectivity index (χ4n) is 1.82. The minimum Gasteiger partial charge on any atom is -0.330 e.